The number of hydrogen-bond donors (Lipinski definition) is 1. The van der Waals surface area contributed by atoms with E-state index in [4.69, 9.17) is 4.74 Å². The fraction of sp³-hybridized carbons (Fsp3) is 0.133. The molecule has 0 atom stereocenters. The summed E-state index contributed by atoms with van der Waals surface area (Å²) < 4.78 is 19.4. The van der Waals surface area contributed by atoms with Crippen molar-refractivity contribution >= 4 is 27.5 Å². The molecule has 0 aliphatic carbocycles. The second kappa shape index (κ2) is 7.68. The van der Waals surface area contributed by atoms with E-state index in [1.807, 2.05) is 0 Å². The Morgan fingerprint density at radius 2 is 2.09 bits per heavy atom. The minimum absolute atomic E-state index is 0.0163. The first-order valence-corrected chi connectivity index (χ1v) is 7.33. The number of benzene rings is 2. The predicted octanol–water partition coefficient (Wildman–Crippen LogP) is 3.19. The van der Waals surface area contributed by atoms with Crippen molar-refractivity contribution in [1.82, 2.24) is 5.32 Å². The number of carbonyl (C=O) groups excluding carboxylic acids is 1. The van der Waals surface area contributed by atoms with E-state index in [1.54, 1.807) is 12.1 Å². The minimum atomic E-state index is -0.553. The maximum absolute atomic E-state index is 13.5. The summed E-state index contributed by atoms with van der Waals surface area (Å²) in [7, 11) is 0. The Morgan fingerprint density at radius 3 is 2.83 bits per heavy atom. The zero-order valence-electron chi connectivity index (χ0n) is 11.8. The van der Waals surface area contributed by atoms with E-state index in [0.29, 0.717) is 10.0 Å². The maximum atomic E-state index is 13.5. The molecular formula is C15H12BrFN2O4. The van der Waals surface area contributed by atoms with Crippen molar-refractivity contribution in [3.8, 4) is 5.75 Å². The third-order valence-corrected chi connectivity index (χ3v) is 3.38. The maximum Gasteiger partial charge on any atom is 0.273 e. The van der Waals surface area contributed by atoms with Crippen LogP contribution >= 0.6 is 15.9 Å². The van der Waals surface area contributed by atoms with E-state index in [0.717, 1.165) is 0 Å². The van der Waals surface area contributed by atoms with Crippen molar-refractivity contribution in [2.75, 3.05) is 6.61 Å². The van der Waals surface area contributed by atoms with Gasteiger partial charge in [0, 0.05) is 22.6 Å². The van der Waals surface area contributed by atoms with E-state index in [-0.39, 0.29) is 24.6 Å². The van der Waals surface area contributed by atoms with Crippen molar-refractivity contribution in [2.24, 2.45) is 0 Å². The summed E-state index contributed by atoms with van der Waals surface area (Å²) in [5.74, 6) is -0.674. The van der Waals surface area contributed by atoms with Crippen LogP contribution < -0.4 is 10.1 Å². The van der Waals surface area contributed by atoms with Crippen molar-refractivity contribution in [1.29, 1.82) is 0 Å². The van der Waals surface area contributed by atoms with Crippen molar-refractivity contribution in [2.45, 2.75) is 6.54 Å². The third-order valence-electron chi connectivity index (χ3n) is 2.88. The summed E-state index contributed by atoms with van der Waals surface area (Å²) >= 11 is 3.22. The van der Waals surface area contributed by atoms with E-state index < -0.39 is 16.6 Å². The summed E-state index contributed by atoms with van der Waals surface area (Å²) in [6, 6.07) is 9.94. The molecule has 2 aromatic rings. The van der Waals surface area contributed by atoms with Crippen molar-refractivity contribution < 1.29 is 18.8 Å². The smallest absolute Gasteiger partial charge is 0.273 e. The SMILES string of the molecule is O=C(COc1cccc([N+](=O)[O-])c1)NCc1cc(Br)ccc1F. The van der Waals surface area contributed by atoms with Crippen LogP contribution in [0.3, 0.4) is 0 Å². The number of nitrogens with one attached hydrogen (secondary N) is 1. The molecule has 0 aliphatic rings. The molecule has 120 valence electrons. The summed E-state index contributed by atoms with van der Waals surface area (Å²) in [5, 5.41) is 13.2. The van der Waals surface area contributed by atoms with E-state index in [9.17, 15) is 19.3 Å². The fourth-order valence-electron chi connectivity index (χ4n) is 1.76. The molecule has 0 heterocycles. The topological polar surface area (TPSA) is 81.5 Å². The number of carbonyl (C=O) groups is 1. The molecule has 0 bridgehead atoms. The van der Waals surface area contributed by atoms with E-state index in [1.165, 1.54) is 30.3 Å². The normalized spacial score (nSPS) is 10.2. The Labute approximate surface area is 139 Å². The molecule has 0 unspecified atom stereocenters. The van der Waals surface area contributed by atoms with Gasteiger partial charge in [0.05, 0.1) is 11.0 Å². The Bertz CT molecular complexity index is 739. The summed E-state index contributed by atoms with van der Waals surface area (Å²) in [5.41, 5.74) is 0.210. The van der Waals surface area contributed by atoms with Crippen LogP contribution in [-0.4, -0.2) is 17.4 Å². The molecule has 1 amide bonds. The number of non-ortho nitro benzene ring substituents is 1. The third kappa shape index (κ3) is 5.03. The van der Waals surface area contributed by atoms with Crippen molar-refractivity contribution in [3.05, 3.63) is 68.4 Å². The Balaban J connectivity index is 1.87. The van der Waals surface area contributed by atoms with Gasteiger partial charge in [-0.3, -0.25) is 14.9 Å². The van der Waals surface area contributed by atoms with Gasteiger partial charge >= 0.3 is 0 Å². The molecule has 0 saturated heterocycles. The number of hydrogen-bond acceptors (Lipinski definition) is 4. The zero-order chi connectivity index (χ0) is 16.8. The first kappa shape index (κ1) is 16.9. The molecule has 0 aliphatic heterocycles. The van der Waals surface area contributed by atoms with Gasteiger partial charge < -0.3 is 10.1 Å². The van der Waals surface area contributed by atoms with E-state index >= 15 is 0 Å². The second-order valence-corrected chi connectivity index (χ2v) is 5.47. The van der Waals surface area contributed by atoms with E-state index in [2.05, 4.69) is 21.2 Å². The van der Waals surface area contributed by atoms with Gasteiger partial charge in [-0.25, -0.2) is 4.39 Å². The predicted molar refractivity (Wildman–Crippen MR) is 84.5 cm³/mol. The van der Waals surface area contributed by atoms with Gasteiger partial charge in [-0.05, 0) is 24.3 Å². The van der Waals surface area contributed by atoms with Gasteiger partial charge in [0.2, 0.25) is 0 Å². The number of nitrogens with zero attached hydrogens (tertiary/aromatic N) is 1. The summed E-state index contributed by atoms with van der Waals surface area (Å²) in [6.45, 7) is -0.306. The molecule has 2 aromatic carbocycles. The molecule has 0 radical (unpaired) electrons. The molecule has 8 heteroatoms. The molecule has 0 spiro atoms. The van der Waals surface area contributed by atoms with Crippen LogP contribution in [0.1, 0.15) is 5.56 Å². The lowest BCUT2D eigenvalue weighted by atomic mass is 10.2. The Morgan fingerprint density at radius 1 is 1.30 bits per heavy atom. The molecule has 2 rings (SSSR count). The van der Waals surface area contributed by atoms with Crippen LogP contribution in [0.5, 0.6) is 5.75 Å². The quantitative estimate of drug-likeness (QED) is 0.614. The average Bonchev–Trinajstić information content (AvgIpc) is 2.54. The molecule has 0 saturated carbocycles. The van der Waals surface area contributed by atoms with Crippen molar-refractivity contribution in [3.63, 3.8) is 0 Å². The minimum Gasteiger partial charge on any atom is -0.484 e. The average molecular weight is 383 g/mol. The highest BCUT2D eigenvalue weighted by Crippen LogP contribution is 2.19. The molecular weight excluding hydrogens is 371 g/mol. The molecule has 0 fully saturated rings. The molecule has 23 heavy (non-hydrogen) atoms. The van der Waals surface area contributed by atoms with Crippen LogP contribution in [0.15, 0.2) is 46.9 Å². The first-order chi connectivity index (χ1) is 11.0. The number of nitro benzene ring substituents is 1. The lowest BCUT2D eigenvalue weighted by Crippen LogP contribution is -2.28. The highest BCUT2D eigenvalue weighted by Gasteiger charge is 2.09. The van der Waals surface area contributed by atoms with Gasteiger partial charge in [0.1, 0.15) is 11.6 Å². The van der Waals surface area contributed by atoms with Crippen LogP contribution in [0, 0.1) is 15.9 Å². The van der Waals surface area contributed by atoms with Crippen LogP contribution in [0.2, 0.25) is 0 Å². The van der Waals surface area contributed by atoms with Crippen LogP contribution in [0.25, 0.3) is 0 Å². The first-order valence-electron chi connectivity index (χ1n) is 6.53. The Hall–Kier alpha value is -2.48. The number of rotatable bonds is 6. The number of halogens is 2. The van der Waals surface area contributed by atoms with Gasteiger partial charge in [-0.15, -0.1) is 0 Å². The number of nitro groups is 1. The summed E-state index contributed by atoms with van der Waals surface area (Å²) in [6.07, 6.45) is 0. The van der Waals surface area contributed by atoms with Crippen LogP contribution in [0.4, 0.5) is 10.1 Å². The van der Waals surface area contributed by atoms with Crippen LogP contribution in [-0.2, 0) is 11.3 Å². The van der Waals surface area contributed by atoms with Gasteiger partial charge in [0.15, 0.2) is 6.61 Å². The summed E-state index contributed by atoms with van der Waals surface area (Å²) in [4.78, 5) is 21.8. The standard InChI is InChI=1S/C15H12BrFN2O4/c16-11-4-5-14(17)10(6-11)8-18-15(20)9-23-13-3-1-2-12(7-13)19(21)22/h1-7H,8-9H2,(H,18,20). The van der Waals surface area contributed by atoms with Gasteiger partial charge in [-0.1, -0.05) is 22.0 Å². The monoisotopic (exact) mass is 382 g/mol. The highest BCUT2D eigenvalue weighted by molar-refractivity contribution is 9.10. The second-order valence-electron chi connectivity index (χ2n) is 4.56. The van der Waals surface area contributed by atoms with Gasteiger partial charge in [0.25, 0.3) is 11.6 Å². The zero-order valence-corrected chi connectivity index (χ0v) is 13.4. The fourth-order valence-corrected chi connectivity index (χ4v) is 2.17. The number of amides is 1. The van der Waals surface area contributed by atoms with Gasteiger partial charge in [-0.2, -0.15) is 0 Å². The largest absolute Gasteiger partial charge is 0.484 e. The molecule has 1 N–H and O–H groups in total. The Kier molecular flexibility index (Phi) is 5.64. The lowest BCUT2D eigenvalue weighted by molar-refractivity contribution is -0.384. The molecule has 6 nitrogen and oxygen atoms in total. The highest BCUT2D eigenvalue weighted by atomic mass is 79.9. The lowest BCUT2D eigenvalue weighted by Gasteiger charge is -2.08. The molecule has 0 aromatic heterocycles. The number of ether oxygens (including phenoxy) is 1.